The van der Waals surface area contributed by atoms with Gasteiger partial charge in [-0.1, -0.05) is 13.3 Å². The van der Waals surface area contributed by atoms with Crippen molar-refractivity contribution in [1.82, 2.24) is 14.6 Å². The number of nitrogens with zero attached hydrogens (tertiary/aromatic N) is 2. The minimum Gasteiger partial charge on any atom is -0.462 e. The maximum atomic E-state index is 12.2. The Hall–Kier alpha value is -2.11. The summed E-state index contributed by atoms with van der Waals surface area (Å²) in [5, 5.41) is 2.75. The van der Waals surface area contributed by atoms with Gasteiger partial charge in [-0.05, 0) is 19.8 Å². The molecule has 0 unspecified atom stereocenters. The van der Waals surface area contributed by atoms with Gasteiger partial charge in [-0.3, -0.25) is 9.89 Å². The van der Waals surface area contributed by atoms with Crippen LogP contribution in [0.5, 0.6) is 0 Å². The highest BCUT2D eigenvalue weighted by atomic mass is 16.5. The largest absolute Gasteiger partial charge is 0.462 e. The zero-order chi connectivity index (χ0) is 13.8. The minimum atomic E-state index is -0.477. The molecule has 0 spiro atoms. The molecule has 2 rings (SSSR count). The summed E-state index contributed by atoms with van der Waals surface area (Å²) in [6, 6.07) is 0. The second-order valence-corrected chi connectivity index (χ2v) is 4.26. The monoisotopic (exact) mass is 263 g/mol. The summed E-state index contributed by atoms with van der Waals surface area (Å²) in [7, 11) is 0. The summed E-state index contributed by atoms with van der Waals surface area (Å²) in [5.41, 5.74) is 1.08. The van der Waals surface area contributed by atoms with Crippen molar-refractivity contribution in [3.05, 3.63) is 33.9 Å². The minimum absolute atomic E-state index is 0.158. The van der Waals surface area contributed by atoms with Gasteiger partial charge in [-0.15, -0.1) is 0 Å². The van der Waals surface area contributed by atoms with Crippen LogP contribution in [0.15, 0.2) is 17.2 Å². The molecule has 2 heterocycles. The summed E-state index contributed by atoms with van der Waals surface area (Å²) in [5.74, 6) is -0.477. The first-order valence-electron chi connectivity index (χ1n) is 6.44. The van der Waals surface area contributed by atoms with Gasteiger partial charge < -0.3 is 4.74 Å². The topological polar surface area (TPSA) is 76.5 Å². The van der Waals surface area contributed by atoms with Crippen LogP contribution in [0.2, 0.25) is 0 Å². The molecule has 6 nitrogen and oxygen atoms in total. The SMILES string of the molecule is CCCCc1cnc2c(C(=O)OCC)c[nH]n2c1=O. The number of carbonyl (C=O) groups excluding carboxylic acids is 1. The van der Waals surface area contributed by atoms with Crippen LogP contribution >= 0.6 is 0 Å². The number of aromatic amines is 1. The lowest BCUT2D eigenvalue weighted by atomic mass is 10.1. The number of carbonyl (C=O) groups is 1. The predicted molar refractivity (Wildman–Crippen MR) is 70.4 cm³/mol. The molecule has 6 heteroatoms. The van der Waals surface area contributed by atoms with Crippen molar-refractivity contribution in [3.63, 3.8) is 0 Å². The van der Waals surface area contributed by atoms with Gasteiger partial charge in [0.15, 0.2) is 5.65 Å². The highest BCUT2D eigenvalue weighted by molar-refractivity contribution is 5.95. The Bertz CT molecular complexity index is 642. The van der Waals surface area contributed by atoms with E-state index in [1.807, 2.05) is 0 Å². The molecule has 0 atom stereocenters. The van der Waals surface area contributed by atoms with Crippen molar-refractivity contribution in [2.75, 3.05) is 6.61 Å². The van der Waals surface area contributed by atoms with E-state index in [0.29, 0.717) is 17.6 Å². The summed E-state index contributed by atoms with van der Waals surface area (Å²) in [6.45, 7) is 4.08. The summed E-state index contributed by atoms with van der Waals surface area (Å²) >= 11 is 0. The van der Waals surface area contributed by atoms with Crippen molar-refractivity contribution in [2.45, 2.75) is 33.1 Å². The molecule has 102 valence electrons. The van der Waals surface area contributed by atoms with E-state index in [2.05, 4.69) is 17.0 Å². The standard InChI is InChI=1S/C13H17N3O3/c1-3-5-6-9-7-14-11-10(13(18)19-4-2)8-15-16(11)12(9)17/h7-8,15H,3-6H2,1-2H3. The highest BCUT2D eigenvalue weighted by Gasteiger charge is 2.16. The Morgan fingerprint density at radius 3 is 2.95 bits per heavy atom. The van der Waals surface area contributed by atoms with Crippen LogP contribution in [0, 0.1) is 0 Å². The number of hydrogen-bond acceptors (Lipinski definition) is 4. The normalized spacial score (nSPS) is 10.8. The number of ether oxygens (including phenoxy) is 1. The zero-order valence-corrected chi connectivity index (χ0v) is 11.1. The summed E-state index contributed by atoms with van der Waals surface area (Å²) in [6.07, 6.45) is 5.64. The molecule has 19 heavy (non-hydrogen) atoms. The van der Waals surface area contributed by atoms with E-state index in [1.165, 1.54) is 10.7 Å². The van der Waals surface area contributed by atoms with Gasteiger partial charge in [-0.25, -0.2) is 14.3 Å². The van der Waals surface area contributed by atoms with Crippen molar-refractivity contribution in [1.29, 1.82) is 0 Å². The third-order valence-electron chi connectivity index (χ3n) is 2.91. The van der Waals surface area contributed by atoms with E-state index in [1.54, 1.807) is 13.1 Å². The Balaban J connectivity index is 2.43. The van der Waals surface area contributed by atoms with E-state index in [-0.39, 0.29) is 17.7 Å². The molecule has 0 bridgehead atoms. The molecule has 2 aromatic rings. The van der Waals surface area contributed by atoms with Crippen molar-refractivity contribution in [2.24, 2.45) is 0 Å². The third kappa shape index (κ3) is 2.52. The lowest BCUT2D eigenvalue weighted by molar-refractivity contribution is 0.0528. The molecule has 2 aromatic heterocycles. The van der Waals surface area contributed by atoms with E-state index in [9.17, 15) is 9.59 Å². The predicted octanol–water partition coefficient (Wildman–Crippen LogP) is 1.54. The van der Waals surface area contributed by atoms with Gasteiger partial charge in [0, 0.05) is 18.0 Å². The highest BCUT2D eigenvalue weighted by Crippen LogP contribution is 2.08. The quantitative estimate of drug-likeness (QED) is 0.830. The molecule has 0 radical (unpaired) electrons. The average Bonchev–Trinajstić information content (AvgIpc) is 2.83. The zero-order valence-electron chi connectivity index (χ0n) is 11.1. The second kappa shape index (κ2) is 5.69. The number of nitrogens with one attached hydrogen (secondary N) is 1. The van der Waals surface area contributed by atoms with Gasteiger partial charge in [0.1, 0.15) is 5.56 Å². The van der Waals surface area contributed by atoms with Gasteiger partial charge in [-0.2, -0.15) is 0 Å². The molecule has 0 amide bonds. The molecule has 0 aliphatic rings. The average molecular weight is 263 g/mol. The van der Waals surface area contributed by atoms with E-state index >= 15 is 0 Å². The molecule has 0 aliphatic carbocycles. The van der Waals surface area contributed by atoms with E-state index in [4.69, 9.17) is 4.74 Å². The molecule has 1 N–H and O–H groups in total. The third-order valence-corrected chi connectivity index (χ3v) is 2.91. The van der Waals surface area contributed by atoms with Crippen LogP contribution < -0.4 is 5.56 Å². The van der Waals surface area contributed by atoms with Crippen molar-refractivity contribution < 1.29 is 9.53 Å². The molecule has 0 fully saturated rings. The van der Waals surface area contributed by atoms with Crippen LogP contribution in [0.25, 0.3) is 5.65 Å². The van der Waals surface area contributed by atoms with Crippen LogP contribution in [0.4, 0.5) is 0 Å². The number of esters is 1. The maximum absolute atomic E-state index is 12.2. The molecule has 0 saturated carbocycles. The van der Waals surface area contributed by atoms with Gasteiger partial charge in [0.05, 0.1) is 6.61 Å². The number of aryl methyl sites for hydroxylation is 1. The number of aromatic nitrogens is 3. The fraction of sp³-hybridized carbons (Fsp3) is 0.462. The Kier molecular flexibility index (Phi) is 3.99. The Morgan fingerprint density at radius 1 is 1.47 bits per heavy atom. The first-order valence-corrected chi connectivity index (χ1v) is 6.44. The van der Waals surface area contributed by atoms with Crippen molar-refractivity contribution in [3.8, 4) is 0 Å². The summed E-state index contributed by atoms with van der Waals surface area (Å²) < 4.78 is 6.20. The van der Waals surface area contributed by atoms with Gasteiger partial charge in [0.2, 0.25) is 0 Å². The molecule has 0 saturated heterocycles. The fourth-order valence-corrected chi connectivity index (χ4v) is 1.89. The van der Waals surface area contributed by atoms with Crippen LogP contribution in [0.3, 0.4) is 0 Å². The number of rotatable bonds is 5. The Morgan fingerprint density at radius 2 is 2.26 bits per heavy atom. The molecule has 0 aliphatic heterocycles. The fourth-order valence-electron chi connectivity index (χ4n) is 1.89. The van der Waals surface area contributed by atoms with Gasteiger partial charge >= 0.3 is 5.97 Å². The number of H-pyrrole nitrogens is 1. The smallest absolute Gasteiger partial charge is 0.343 e. The first-order chi connectivity index (χ1) is 9.19. The number of fused-ring (bicyclic) bond motifs is 1. The van der Waals surface area contributed by atoms with Crippen LogP contribution in [-0.2, 0) is 11.2 Å². The maximum Gasteiger partial charge on any atom is 0.343 e. The van der Waals surface area contributed by atoms with Crippen molar-refractivity contribution >= 4 is 11.6 Å². The Labute approximate surface area is 110 Å². The number of unbranched alkanes of at least 4 members (excludes halogenated alkanes) is 1. The molecular formula is C13H17N3O3. The van der Waals surface area contributed by atoms with Gasteiger partial charge in [0.25, 0.3) is 5.56 Å². The van der Waals surface area contributed by atoms with Crippen LogP contribution in [-0.4, -0.2) is 27.2 Å². The summed E-state index contributed by atoms with van der Waals surface area (Å²) in [4.78, 5) is 28.0. The molecular weight excluding hydrogens is 246 g/mol. The van der Waals surface area contributed by atoms with E-state index in [0.717, 1.165) is 12.8 Å². The number of hydrogen-bond donors (Lipinski definition) is 1. The second-order valence-electron chi connectivity index (χ2n) is 4.26. The lowest BCUT2D eigenvalue weighted by Gasteiger charge is -2.01. The van der Waals surface area contributed by atoms with E-state index < -0.39 is 5.97 Å². The first kappa shape index (κ1) is 13.3. The lowest BCUT2D eigenvalue weighted by Crippen LogP contribution is -2.20. The van der Waals surface area contributed by atoms with Crippen LogP contribution in [0.1, 0.15) is 42.6 Å². The molecule has 0 aromatic carbocycles.